The van der Waals surface area contributed by atoms with E-state index in [0.717, 1.165) is 17.4 Å². The molecule has 23 heavy (non-hydrogen) atoms. The minimum atomic E-state index is -1.12. The van der Waals surface area contributed by atoms with Crippen LogP contribution in [0.15, 0.2) is 24.3 Å². The molecule has 1 rings (SSSR count). The van der Waals surface area contributed by atoms with Crippen LogP contribution >= 0.6 is 0 Å². The number of likely N-dealkylation sites (N-methyl/N-ethyl adjacent to an activating group) is 1. The van der Waals surface area contributed by atoms with Crippen molar-refractivity contribution in [3.63, 3.8) is 0 Å². The van der Waals surface area contributed by atoms with Crippen LogP contribution in [0, 0.1) is 10.1 Å². The maximum absolute atomic E-state index is 11.7. The number of carboxylic acids is 1. The lowest BCUT2D eigenvalue weighted by molar-refractivity contribution is -0.385. The standard InChI is InChI=1S/C15H18N2O6/c1-3-8-23-13-6-4-11(9-12(13)17(21)22)5-7-14(18)16(2)10-15(19)20/h4-7,9H,3,8,10H2,1-2H3,(H,19,20)/b7-5+. The lowest BCUT2D eigenvalue weighted by Gasteiger charge is -2.11. The number of nitro benzene ring substituents is 1. The molecule has 0 bridgehead atoms. The first-order valence-corrected chi connectivity index (χ1v) is 6.91. The fraction of sp³-hybridized carbons (Fsp3) is 0.333. The van der Waals surface area contributed by atoms with Crippen molar-refractivity contribution in [1.29, 1.82) is 0 Å². The minimum absolute atomic E-state index is 0.170. The van der Waals surface area contributed by atoms with E-state index in [0.29, 0.717) is 12.2 Å². The summed E-state index contributed by atoms with van der Waals surface area (Å²) in [6, 6.07) is 4.35. The van der Waals surface area contributed by atoms with Gasteiger partial charge in [-0.2, -0.15) is 0 Å². The van der Waals surface area contributed by atoms with Crippen LogP contribution in [-0.4, -0.2) is 47.0 Å². The van der Waals surface area contributed by atoms with Crippen LogP contribution < -0.4 is 4.74 Å². The summed E-state index contributed by atoms with van der Waals surface area (Å²) in [5, 5.41) is 19.7. The number of nitro groups is 1. The number of benzene rings is 1. The van der Waals surface area contributed by atoms with Gasteiger partial charge in [-0.3, -0.25) is 19.7 Å². The number of hydrogen-bond donors (Lipinski definition) is 1. The number of rotatable bonds is 8. The van der Waals surface area contributed by atoms with E-state index in [-0.39, 0.29) is 11.4 Å². The summed E-state index contributed by atoms with van der Waals surface area (Å²) in [5.74, 6) is -1.47. The second-order valence-electron chi connectivity index (χ2n) is 4.75. The number of amides is 1. The summed E-state index contributed by atoms with van der Waals surface area (Å²) in [4.78, 5) is 33.8. The second-order valence-corrected chi connectivity index (χ2v) is 4.75. The molecule has 0 fully saturated rings. The van der Waals surface area contributed by atoms with Crippen molar-refractivity contribution >= 4 is 23.6 Å². The zero-order valence-corrected chi connectivity index (χ0v) is 12.9. The van der Waals surface area contributed by atoms with Gasteiger partial charge in [0.15, 0.2) is 5.75 Å². The summed E-state index contributed by atoms with van der Waals surface area (Å²) < 4.78 is 5.30. The third-order valence-corrected chi connectivity index (χ3v) is 2.81. The molecule has 0 heterocycles. The lowest BCUT2D eigenvalue weighted by atomic mass is 10.1. The molecule has 8 nitrogen and oxygen atoms in total. The van der Waals surface area contributed by atoms with Crippen LogP contribution in [0.4, 0.5) is 5.69 Å². The summed E-state index contributed by atoms with van der Waals surface area (Å²) in [5.41, 5.74) is 0.254. The van der Waals surface area contributed by atoms with Gasteiger partial charge in [-0.15, -0.1) is 0 Å². The molecule has 1 aromatic rings. The van der Waals surface area contributed by atoms with E-state index in [9.17, 15) is 19.7 Å². The highest BCUT2D eigenvalue weighted by atomic mass is 16.6. The molecule has 0 spiro atoms. The number of ether oxygens (including phenoxy) is 1. The molecular formula is C15H18N2O6. The summed E-state index contributed by atoms with van der Waals surface area (Å²) in [6.07, 6.45) is 3.27. The number of aliphatic carboxylic acids is 1. The molecule has 8 heteroatoms. The summed E-state index contributed by atoms with van der Waals surface area (Å²) >= 11 is 0. The Hall–Kier alpha value is -2.90. The van der Waals surface area contributed by atoms with E-state index < -0.39 is 23.3 Å². The van der Waals surface area contributed by atoms with E-state index in [1.807, 2.05) is 6.92 Å². The zero-order chi connectivity index (χ0) is 17.4. The lowest BCUT2D eigenvalue weighted by Crippen LogP contribution is -2.30. The van der Waals surface area contributed by atoms with Gasteiger partial charge in [-0.25, -0.2) is 0 Å². The highest BCUT2D eigenvalue weighted by molar-refractivity contribution is 5.93. The first kappa shape index (κ1) is 18.1. The Kier molecular flexibility index (Phi) is 6.72. The molecular weight excluding hydrogens is 304 g/mol. The van der Waals surface area contributed by atoms with Crippen molar-refractivity contribution in [2.24, 2.45) is 0 Å². The monoisotopic (exact) mass is 322 g/mol. The van der Waals surface area contributed by atoms with Gasteiger partial charge in [0.2, 0.25) is 5.91 Å². The van der Waals surface area contributed by atoms with Crippen molar-refractivity contribution in [3.8, 4) is 5.75 Å². The van der Waals surface area contributed by atoms with Crippen molar-refractivity contribution in [2.45, 2.75) is 13.3 Å². The van der Waals surface area contributed by atoms with Gasteiger partial charge in [0.25, 0.3) is 0 Å². The molecule has 1 N–H and O–H groups in total. The van der Waals surface area contributed by atoms with Crippen LogP contribution in [0.1, 0.15) is 18.9 Å². The maximum Gasteiger partial charge on any atom is 0.323 e. The maximum atomic E-state index is 11.7. The molecule has 0 unspecified atom stereocenters. The average Bonchev–Trinajstić information content (AvgIpc) is 2.50. The molecule has 0 saturated carbocycles. The topological polar surface area (TPSA) is 110 Å². The van der Waals surface area contributed by atoms with Gasteiger partial charge >= 0.3 is 11.7 Å². The van der Waals surface area contributed by atoms with Crippen LogP contribution in [0.25, 0.3) is 6.08 Å². The molecule has 0 atom stereocenters. The quantitative estimate of drug-likeness (QED) is 0.445. The zero-order valence-electron chi connectivity index (χ0n) is 12.9. The molecule has 0 saturated heterocycles. The summed E-state index contributed by atoms with van der Waals surface area (Å²) in [7, 11) is 1.35. The molecule has 1 aromatic carbocycles. The van der Waals surface area contributed by atoms with E-state index in [2.05, 4.69) is 0 Å². The fourth-order valence-corrected chi connectivity index (χ4v) is 1.69. The first-order valence-electron chi connectivity index (χ1n) is 6.91. The molecule has 0 aliphatic heterocycles. The SMILES string of the molecule is CCCOc1ccc(/C=C/C(=O)N(C)CC(=O)O)cc1[N+](=O)[O-]. The Labute approximate surface area is 133 Å². The van der Waals surface area contributed by atoms with Crippen LogP contribution in [0.5, 0.6) is 5.75 Å². The van der Waals surface area contributed by atoms with E-state index in [1.54, 1.807) is 6.07 Å². The Bertz CT molecular complexity index is 626. The number of carboxylic acid groups (broad SMARTS) is 1. The minimum Gasteiger partial charge on any atom is -0.487 e. The van der Waals surface area contributed by atoms with Gasteiger partial charge in [0, 0.05) is 19.2 Å². The van der Waals surface area contributed by atoms with E-state index in [4.69, 9.17) is 9.84 Å². The highest BCUT2D eigenvalue weighted by Crippen LogP contribution is 2.28. The van der Waals surface area contributed by atoms with E-state index in [1.165, 1.54) is 25.3 Å². The fourth-order valence-electron chi connectivity index (χ4n) is 1.69. The normalized spacial score (nSPS) is 10.5. The highest BCUT2D eigenvalue weighted by Gasteiger charge is 2.15. The van der Waals surface area contributed by atoms with E-state index >= 15 is 0 Å². The Balaban J connectivity index is 2.90. The predicted molar refractivity (Wildman–Crippen MR) is 83.2 cm³/mol. The smallest absolute Gasteiger partial charge is 0.323 e. The molecule has 0 aromatic heterocycles. The summed E-state index contributed by atoms with van der Waals surface area (Å²) in [6.45, 7) is 1.84. The van der Waals surface area contributed by atoms with Gasteiger partial charge < -0.3 is 14.7 Å². The van der Waals surface area contributed by atoms with Crippen molar-refractivity contribution in [3.05, 3.63) is 40.0 Å². The number of hydrogen-bond acceptors (Lipinski definition) is 5. The van der Waals surface area contributed by atoms with Gasteiger partial charge in [0.05, 0.1) is 11.5 Å². The largest absolute Gasteiger partial charge is 0.487 e. The Morgan fingerprint density at radius 2 is 2.13 bits per heavy atom. The number of nitrogens with zero attached hydrogens (tertiary/aromatic N) is 2. The molecule has 0 radical (unpaired) electrons. The van der Waals surface area contributed by atoms with Gasteiger partial charge in [0.1, 0.15) is 6.54 Å². The average molecular weight is 322 g/mol. The van der Waals surface area contributed by atoms with Crippen LogP contribution in [-0.2, 0) is 9.59 Å². The number of carbonyl (C=O) groups is 2. The molecule has 0 aliphatic carbocycles. The number of carbonyl (C=O) groups excluding carboxylic acids is 1. The van der Waals surface area contributed by atoms with Crippen molar-refractivity contribution in [2.75, 3.05) is 20.2 Å². The van der Waals surface area contributed by atoms with Gasteiger partial charge in [-0.1, -0.05) is 13.0 Å². The van der Waals surface area contributed by atoms with Crippen molar-refractivity contribution in [1.82, 2.24) is 4.90 Å². The second kappa shape index (κ2) is 8.52. The third kappa shape index (κ3) is 5.77. The molecule has 0 aliphatic rings. The Morgan fingerprint density at radius 1 is 1.43 bits per heavy atom. The van der Waals surface area contributed by atoms with Gasteiger partial charge in [-0.05, 0) is 24.1 Å². The Morgan fingerprint density at radius 3 is 2.70 bits per heavy atom. The van der Waals surface area contributed by atoms with Crippen molar-refractivity contribution < 1.29 is 24.4 Å². The van der Waals surface area contributed by atoms with Crippen LogP contribution in [0.3, 0.4) is 0 Å². The molecule has 1 amide bonds. The molecule has 124 valence electrons. The third-order valence-electron chi connectivity index (χ3n) is 2.81. The first-order chi connectivity index (χ1) is 10.8. The predicted octanol–water partition coefficient (Wildman–Crippen LogP) is 1.94. The van der Waals surface area contributed by atoms with Crippen LogP contribution in [0.2, 0.25) is 0 Å².